The molecule has 0 bridgehead atoms. The molecule has 0 saturated carbocycles. The molecule has 2 rings (SSSR count). The second-order valence-electron chi connectivity index (χ2n) is 5.10. The van der Waals surface area contributed by atoms with Crippen LogP contribution < -0.4 is 0 Å². The topological polar surface area (TPSA) is 58.9 Å². The number of hydrogen-bond acceptors (Lipinski definition) is 4. The van der Waals surface area contributed by atoms with E-state index < -0.39 is 11.6 Å². The van der Waals surface area contributed by atoms with Gasteiger partial charge in [-0.05, 0) is 38.3 Å². The van der Waals surface area contributed by atoms with Crippen LogP contribution in [-0.2, 0) is 9.63 Å². The summed E-state index contributed by atoms with van der Waals surface area (Å²) in [6, 6.07) is 9.56. The molecule has 0 aliphatic rings. The molecule has 0 radical (unpaired) electrons. The Labute approximate surface area is 115 Å². The fraction of sp³-hybridized carbons (Fsp3) is 0.286. The molecule has 0 atom stereocenters. The number of carboxylic acid groups (broad SMARTS) is 1. The molecule has 1 N–H and O–H groups in total. The van der Waals surface area contributed by atoms with Crippen molar-refractivity contribution < 1.29 is 14.7 Å². The summed E-state index contributed by atoms with van der Waals surface area (Å²) in [5.74, 6) is -1.09. The van der Waals surface area contributed by atoms with Crippen molar-refractivity contribution in [2.24, 2.45) is 5.16 Å². The maximum atomic E-state index is 11.3. The number of thiophene rings is 1. The van der Waals surface area contributed by atoms with E-state index >= 15 is 0 Å². The number of carbonyl (C=O) groups is 1. The average Bonchev–Trinajstić information content (AvgIpc) is 2.70. The van der Waals surface area contributed by atoms with Gasteiger partial charge in [0.25, 0.3) is 0 Å². The number of hydrogen-bond donors (Lipinski definition) is 1. The summed E-state index contributed by atoms with van der Waals surface area (Å²) in [6.07, 6.45) is 0. The molecule has 0 unspecified atom stereocenters. The minimum Gasteiger partial charge on any atom is -0.476 e. The van der Waals surface area contributed by atoms with Crippen molar-refractivity contribution >= 4 is 33.1 Å². The van der Waals surface area contributed by atoms with Crippen LogP contribution in [0.25, 0.3) is 10.1 Å². The molecule has 2 aromatic rings. The van der Waals surface area contributed by atoms with E-state index in [0.29, 0.717) is 4.88 Å². The van der Waals surface area contributed by atoms with Crippen LogP contribution in [0.3, 0.4) is 0 Å². The van der Waals surface area contributed by atoms with E-state index in [1.54, 1.807) is 0 Å². The molecule has 0 fully saturated rings. The van der Waals surface area contributed by atoms with Gasteiger partial charge in [-0.25, -0.2) is 4.79 Å². The van der Waals surface area contributed by atoms with E-state index in [9.17, 15) is 9.90 Å². The number of nitrogens with zero attached hydrogens (tertiary/aromatic N) is 1. The highest BCUT2D eigenvalue weighted by atomic mass is 32.1. The monoisotopic (exact) mass is 277 g/mol. The van der Waals surface area contributed by atoms with Gasteiger partial charge >= 0.3 is 5.97 Å². The fourth-order valence-corrected chi connectivity index (χ4v) is 2.51. The Morgan fingerprint density at radius 1 is 1.32 bits per heavy atom. The Kier molecular flexibility index (Phi) is 3.57. The highest BCUT2D eigenvalue weighted by molar-refractivity contribution is 7.21. The van der Waals surface area contributed by atoms with Gasteiger partial charge in [0.15, 0.2) is 0 Å². The van der Waals surface area contributed by atoms with Crippen LogP contribution in [0.15, 0.2) is 35.5 Å². The summed E-state index contributed by atoms with van der Waals surface area (Å²) in [5, 5.41) is 14.0. The first-order chi connectivity index (χ1) is 8.87. The first-order valence-corrected chi connectivity index (χ1v) is 6.67. The van der Waals surface area contributed by atoms with Crippen LogP contribution in [0.5, 0.6) is 0 Å². The van der Waals surface area contributed by atoms with E-state index in [1.165, 1.54) is 11.3 Å². The van der Waals surface area contributed by atoms with Crippen LogP contribution in [-0.4, -0.2) is 22.4 Å². The number of benzene rings is 1. The van der Waals surface area contributed by atoms with E-state index in [-0.39, 0.29) is 5.71 Å². The van der Waals surface area contributed by atoms with Crippen molar-refractivity contribution in [2.45, 2.75) is 26.4 Å². The van der Waals surface area contributed by atoms with Crippen LogP contribution in [0.4, 0.5) is 0 Å². The smallest absolute Gasteiger partial charge is 0.359 e. The molecule has 19 heavy (non-hydrogen) atoms. The van der Waals surface area contributed by atoms with Gasteiger partial charge < -0.3 is 9.94 Å². The zero-order valence-electron chi connectivity index (χ0n) is 11.0. The molecule has 0 saturated heterocycles. The molecule has 1 aromatic carbocycles. The number of carboxylic acids is 1. The lowest BCUT2D eigenvalue weighted by Gasteiger charge is -2.15. The van der Waals surface area contributed by atoms with Crippen LogP contribution >= 0.6 is 11.3 Å². The third kappa shape index (κ3) is 3.32. The summed E-state index contributed by atoms with van der Waals surface area (Å²) >= 11 is 1.39. The molecular weight excluding hydrogens is 262 g/mol. The Morgan fingerprint density at radius 2 is 2.00 bits per heavy atom. The lowest BCUT2D eigenvalue weighted by molar-refractivity contribution is -0.129. The minimum absolute atomic E-state index is 0.0591. The van der Waals surface area contributed by atoms with Crippen LogP contribution in [0.2, 0.25) is 0 Å². The highest BCUT2D eigenvalue weighted by Gasteiger charge is 2.19. The number of aliphatic carboxylic acids is 1. The Bertz CT molecular complexity index is 604. The summed E-state index contributed by atoms with van der Waals surface area (Å²) in [5.41, 5.74) is -0.576. The maximum absolute atomic E-state index is 11.3. The van der Waals surface area contributed by atoms with Gasteiger partial charge in [0.05, 0.1) is 4.88 Å². The molecule has 0 spiro atoms. The largest absolute Gasteiger partial charge is 0.476 e. The lowest BCUT2D eigenvalue weighted by Crippen LogP contribution is -2.20. The molecule has 5 heteroatoms. The Balaban J connectivity index is 2.41. The van der Waals surface area contributed by atoms with Gasteiger partial charge in [-0.3, -0.25) is 0 Å². The SMILES string of the molecule is CC(C)(C)ON=C(C(=O)O)c1cc2ccccc2s1. The minimum atomic E-state index is -1.09. The Morgan fingerprint density at radius 3 is 2.58 bits per heavy atom. The molecule has 0 aliphatic heterocycles. The zero-order chi connectivity index (χ0) is 14.0. The average molecular weight is 277 g/mol. The van der Waals surface area contributed by atoms with Crippen LogP contribution in [0, 0.1) is 0 Å². The van der Waals surface area contributed by atoms with Gasteiger partial charge in [0.2, 0.25) is 5.71 Å². The van der Waals surface area contributed by atoms with Gasteiger partial charge in [-0.1, -0.05) is 23.4 Å². The van der Waals surface area contributed by atoms with Crippen molar-refractivity contribution in [1.82, 2.24) is 0 Å². The number of rotatable bonds is 3. The lowest BCUT2D eigenvalue weighted by atomic mass is 10.2. The first-order valence-electron chi connectivity index (χ1n) is 5.85. The third-order valence-corrected chi connectivity index (χ3v) is 3.40. The standard InChI is InChI=1S/C14H15NO3S/c1-14(2,3)18-15-12(13(16)17)11-8-9-6-4-5-7-10(9)19-11/h4-8H,1-3H3,(H,16,17). The first kappa shape index (κ1) is 13.5. The van der Waals surface area contributed by atoms with Crippen molar-refractivity contribution in [3.8, 4) is 0 Å². The van der Waals surface area contributed by atoms with Gasteiger partial charge in [0, 0.05) is 4.70 Å². The number of fused-ring (bicyclic) bond motifs is 1. The summed E-state index contributed by atoms with van der Waals surface area (Å²) in [7, 11) is 0. The van der Waals surface area contributed by atoms with E-state index in [4.69, 9.17) is 4.84 Å². The third-order valence-electron chi connectivity index (χ3n) is 2.27. The predicted octanol–water partition coefficient (Wildman–Crippen LogP) is 3.51. The van der Waals surface area contributed by atoms with Gasteiger partial charge in [-0.2, -0.15) is 0 Å². The van der Waals surface area contributed by atoms with E-state index in [1.807, 2.05) is 51.1 Å². The Hall–Kier alpha value is -1.88. The van der Waals surface area contributed by atoms with Crippen molar-refractivity contribution in [2.75, 3.05) is 0 Å². The molecule has 1 heterocycles. The highest BCUT2D eigenvalue weighted by Crippen LogP contribution is 2.26. The number of oxime groups is 1. The van der Waals surface area contributed by atoms with Crippen molar-refractivity contribution in [3.63, 3.8) is 0 Å². The molecule has 1 aromatic heterocycles. The van der Waals surface area contributed by atoms with E-state index in [0.717, 1.165) is 10.1 Å². The second-order valence-corrected chi connectivity index (χ2v) is 6.18. The molecule has 100 valence electrons. The fourth-order valence-electron chi connectivity index (χ4n) is 1.47. The van der Waals surface area contributed by atoms with Crippen molar-refractivity contribution in [3.05, 3.63) is 35.2 Å². The van der Waals surface area contributed by atoms with Crippen molar-refractivity contribution in [1.29, 1.82) is 0 Å². The van der Waals surface area contributed by atoms with E-state index in [2.05, 4.69) is 5.16 Å². The summed E-state index contributed by atoms with van der Waals surface area (Å²) < 4.78 is 1.03. The summed E-state index contributed by atoms with van der Waals surface area (Å²) in [6.45, 7) is 5.46. The van der Waals surface area contributed by atoms with Gasteiger partial charge in [-0.15, -0.1) is 11.3 Å². The predicted molar refractivity (Wildman–Crippen MR) is 76.8 cm³/mol. The molecule has 0 aliphatic carbocycles. The maximum Gasteiger partial charge on any atom is 0.359 e. The second kappa shape index (κ2) is 5.01. The normalized spacial score (nSPS) is 12.7. The molecular formula is C14H15NO3S. The molecule has 4 nitrogen and oxygen atoms in total. The molecule has 0 amide bonds. The van der Waals surface area contributed by atoms with Crippen LogP contribution in [0.1, 0.15) is 25.6 Å². The van der Waals surface area contributed by atoms with Gasteiger partial charge in [0.1, 0.15) is 5.60 Å². The summed E-state index contributed by atoms with van der Waals surface area (Å²) in [4.78, 5) is 17.1. The zero-order valence-corrected chi connectivity index (χ0v) is 11.8. The quantitative estimate of drug-likeness (QED) is 0.690.